The highest BCUT2D eigenvalue weighted by Gasteiger charge is 2.30. The van der Waals surface area contributed by atoms with Crippen LogP contribution >= 0.6 is 0 Å². The van der Waals surface area contributed by atoms with Crippen molar-refractivity contribution in [2.45, 2.75) is 38.6 Å². The van der Waals surface area contributed by atoms with Crippen LogP contribution in [-0.4, -0.2) is 31.6 Å². The molecule has 2 atom stereocenters. The van der Waals surface area contributed by atoms with E-state index in [1.807, 2.05) is 6.92 Å². The van der Waals surface area contributed by atoms with E-state index in [9.17, 15) is 4.79 Å². The minimum absolute atomic E-state index is 0.0122. The standard InChI is InChI=1S/C10H16O4/c1-7-2-3-8(14-10(7)11)6-9-12-4-5-13-9/h7-9H,2-6H2,1H3. The minimum Gasteiger partial charge on any atom is -0.462 e. The van der Waals surface area contributed by atoms with Crippen molar-refractivity contribution in [3.05, 3.63) is 0 Å². The van der Waals surface area contributed by atoms with Crippen molar-refractivity contribution >= 4 is 5.97 Å². The molecule has 0 aliphatic carbocycles. The average Bonchev–Trinajstić information content (AvgIpc) is 2.64. The SMILES string of the molecule is CC1CCC(CC2OCCO2)OC1=O. The van der Waals surface area contributed by atoms with Crippen molar-refractivity contribution in [2.75, 3.05) is 13.2 Å². The smallest absolute Gasteiger partial charge is 0.308 e. The number of rotatable bonds is 2. The normalized spacial score (nSPS) is 34.5. The van der Waals surface area contributed by atoms with Gasteiger partial charge in [-0.25, -0.2) is 0 Å². The number of cyclic esters (lactones) is 1. The van der Waals surface area contributed by atoms with E-state index in [2.05, 4.69) is 0 Å². The van der Waals surface area contributed by atoms with Crippen molar-refractivity contribution < 1.29 is 19.0 Å². The Hall–Kier alpha value is -0.610. The van der Waals surface area contributed by atoms with Gasteiger partial charge in [-0.1, -0.05) is 6.92 Å². The van der Waals surface area contributed by atoms with Crippen molar-refractivity contribution in [3.8, 4) is 0 Å². The molecule has 0 bridgehead atoms. The molecule has 2 unspecified atom stereocenters. The first-order valence-corrected chi connectivity index (χ1v) is 5.19. The van der Waals surface area contributed by atoms with Crippen LogP contribution in [-0.2, 0) is 19.0 Å². The molecule has 80 valence electrons. The predicted molar refractivity (Wildman–Crippen MR) is 48.6 cm³/mol. The summed E-state index contributed by atoms with van der Waals surface area (Å²) in [6.45, 7) is 3.21. The Morgan fingerprint density at radius 3 is 2.64 bits per heavy atom. The molecule has 2 aliphatic heterocycles. The van der Waals surface area contributed by atoms with Gasteiger partial charge in [-0.3, -0.25) is 4.79 Å². The summed E-state index contributed by atoms with van der Waals surface area (Å²) in [4.78, 5) is 11.3. The van der Waals surface area contributed by atoms with Gasteiger partial charge in [-0.15, -0.1) is 0 Å². The van der Waals surface area contributed by atoms with Crippen molar-refractivity contribution in [1.29, 1.82) is 0 Å². The fraction of sp³-hybridized carbons (Fsp3) is 0.900. The summed E-state index contributed by atoms with van der Waals surface area (Å²) in [5.41, 5.74) is 0. The Morgan fingerprint density at radius 1 is 1.29 bits per heavy atom. The highest BCUT2D eigenvalue weighted by molar-refractivity contribution is 5.72. The van der Waals surface area contributed by atoms with Gasteiger partial charge in [0.15, 0.2) is 6.29 Å². The highest BCUT2D eigenvalue weighted by atomic mass is 16.7. The number of ether oxygens (including phenoxy) is 3. The molecule has 0 aromatic heterocycles. The van der Waals surface area contributed by atoms with Crippen LogP contribution in [0.25, 0.3) is 0 Å². The maximum absolute atomic E-state index is 11.3. The molecule has 2 heterocycles. The van der Waals surface area contributed by atoms with Crippen LogP contribution in [0.2, 0.25) is 0 Å². The van der Waals surface area contributed by atoms with E-state index in [-0.39, 0.29) is 24.3 Å². The lowest BCUT2D eigenvalue weighted by Crippen LogP contribution is -2.32. The third-order valence-electron chi connectivity index (χ3n) is 2.75. The Balaban J connectivity index is 1.78. The van der Waals surface area contributed by atoms with Crippen LogP contribution < -0.4 is 0 Å². The summed E-state index contributed by atoms with van der Waals surface area (Å²) in [5, 5.41) is 0. The molecule has 2 rings (SSSR count). The first kappa shape index (κ1) is 9.93. The molecule has 0 aromatic rings. The molecular weight excluding hydrogens is 184 g/mol. The van der Waals surface area contributed by atoms with E-state index in [4.69, 9.17) is 14.2 Å². The first-order chi connectivity index (χ1) is 6.75. The summed E-state index contributed by atoms with van der Waals surface area (Å²) in [5.74, 6) is -0.0316. The lowest BCUT2D eigenvalue weighted by Gasteiger charge is -2.27. The van der Waals surface area contributed by atoms with Crippen LogP contribution in [0.1, 0.15) is 26.2 Å². The zero-order valence-corrected chi connectivity index (χ0v) is 8.40. The van der Waals surface area contributed by atoms with Gasteiger partial charge in [0.1, 0.15) is 6.10 Å². The second kappa shape index (κ2) is 4.28. The van der Waals surface area contributed by atoms with Gasteiger partial charge in [0.25, 0.3) is 0 Å². The number of hydrogen-bond acceptors (Lipinski definition) is 4. The van der Waals surface area contributed by atoms with E-state index < -0.39 is 0 Å². The van der Waals surface area contributed by atoms with Gasteiger partial charge in [0.05, 0.1) is 19.1 Å². The summed E-state index contributed by atoms with van der Waals surface area (Å²) in [6.07, 6.45) is 2.34. The van der Waals surface area contributed by atoms with Crippen LogP contribution in [0.3, 0.4) is 0 Å². The van der Waals surface area contributed by atoms with Crippen molar-refractivity contribution in [1.82, 2.24) is 0 Å². The molecule has 14 heavy (non-hydrogen) atoms. The largest absolute Gasteiger partial charge is 0.462 e. The lowest BCUT2D eigenvalue weighted by atomic mass is 9.98. The molecule has 4 nitrogen and oxygen atoms in total. The molecular formula is C10H16O4. The van der Waals surface area contributed by atoms with Gasteiger partial charge >= 0.3 is 5.97 Å². The van der Waals surface area contributed by atoms with Gasteiger partial charge in [-0.2, -0.15) is 0 Å². The quantitative estimate of drug-likeness (QED) is 0.626. The zero-order chi connectivity index (χ0) is 9.97. The Kier molecular flexibility index (Phi) is 3.03. The Bertz CT molecular complexity index is 210. The fourth-order valence-electron chi connectivity index (χ4n) is 1.82. The molecule has 2 saturated heterocycles. The second-order valence-electron chi connectivity index (χ2n) is 3.94. The molecule has 0 radical (unpaired) electrons. The Morgan fingerprint density at radius 2 is 2.00 bits per heavy atom. The maximum atomic E-state index is 11.3. The average molecular weight is 200 g/mol. The monoisotopic (exact) mass is 200 g/mol. The Labute approximate surface area is 83.5 Å². The lowest BCUT2D eigenvalue weighted by molar-refractivity contribution is -0.165. The predicted octanol–water partition coefficient (Wildman–Crippen LogP) is 1.09. The summed E-state index contributed by atoms with van der Waals surface area (Å²) >= 11 is 0. The van der Waals surface area contributed by atoms with E-state index in [0.29, 0.717) is 19.6 Å². The minimum atomic E-state index is -0.166. The molecule has 0 amide bonds. The second-order valence-corrected chi connectivity index (χ2v) is 3.94. The molecule has 0 spiro atoms. The van der Waals surface area contributed by atoms with E-state index in [0.717, 1.165) is 12.8 Å². The van der Waals surface area contributed by atoms with Crippen LogP contribution in [0, 0.1) is 5.92 Å². The topological polar surface area (TPSA) is 44.8 Å². The van der Waals surface area contributed by atoms with Crippen molar-refractivity contribution in [3.63, 3.8) is 0 Å². The van der Waals surface area contributed by atoms with E-state index in [1.54, 1.807) is 0 Å². The summed E-state index contributed by atoms with van der Waals surface area (Å²) in [6, 6.07) is 0. The summed E-state index contributed by atoms with van der Waals surface area (Å²) < 4.78 is 15.9. The number of carbonyl (C=O) groups is 1. The van der Waals surface area contributed by atoms with Crippen molar-refractivity contribution in [2.24, 2.45) is 5.92 Å². The fourth-order valence-corrected chi connectivity index (χ4v) is 1.82. The zero-order valence-electron chi connectivity index (χ0n) is 8.40. The highest BCUT2D eigenvalue weighted by Crippen LogP contribution is 2.24. The van der Waals surface area contributed by atoms with E-state index >= 15 is 0 Å². The molecule has 0 aromatic carbocycles. The number of hydrogen-bond donors (Lipinski definition) is 0. The molecule has 2 aliphatic rings. The van der Waals surface area contributed by atoms with Crippen LogP contribution in [0.4, 0.5) is 0 Å². The first-order valence-electron chi connectivity index (χ1n) is 5.19. The summed E-state index contributed by atoms with van der Waals surface area (Å²) in [7, 11) is 0. The third kappa shape index (κ3) is 2.25. The third-order valence-corrected chi connectivity index (χ3v) is 2.75. The van der Waals surface area contributed by atoms with Gasteiger partial charge in [0, 0.05) is 6.42 Å². The molecule has 4 heteroatoms. The number of esters is 1. The van der Waals surface area contributed by atoms with Gasteiger partial charge in [-0.05, 0) is 12.8 Å². The van der Waals surface area contributed by atoms with Gasteiger partial charge < -0.3 is 14.2 Å². The maximum Gasteiger partial charge on any atom is 0.308 e. The van der Waals surface area contributed by atoms with E-state index in [1.165, 1.54) is 0 Å². The van der Waals surface area contributed by atoms with Crippen LogP contribution in [0.15, 0.2) is 0 Å². The van der Waals surface area contributed by atoms with Crippen LogP contribution in [0.5, 0.6) is 0 Å². The van der Waals surface area contributed by atoms with Gasteiger partial charge in [0.2, 0.25) is 0 Å². The molecule has 2 fully saturated rings. The molecule has 0 N–H and O–H groups in total. The molecule has 0 saturated carbocycles. The number of carbonyl (C=O) groups excluding carboxylic acids is 1.